The van der Waals surface area contributed by atoms with Crippen molar-refractivity contribution in [3.8, 4) is 11.5 Å². The van der Waals surface area contributed by atoms with Crippen molar-refractivity contribution in [3.63, 3.8) is 0 Å². The number of halogens is 1. The molecular formula is C25H23BrN2O5S. The van der Waals surface area contributed by atoms with Crippen molar-refractivity contribution in [1.29, 1.82) is 0 Å². The van der Waals surface area contributed by atoms with Gasteiger partial charge in [0, 0.05) is 10.0 Å². The molecule has 0 bridgehead atoms. The number of esters is 1. The number of aromatic hydroxyl groups is 1. The molecule has 4 rings (SSSR count). The minimum atomic E-state index is -0.672. The molecule has 1 aliphatic heterocycles. The molecule has 0 saturated heterocycles. The number of phenolic OH excluding ortho intramolecular Hbond substituents is 1. The molecule has 0 radical (unpaired) electrons. The van der Waals surface area contributed by atoms with E-state index in [0.29, 0.717) is 43.0 Å². The third kappa shape index (κ3) is 4.45. The average molecular weight is 543 g/mol. The van der Waals surface area contributed by atoms with Gasteiger partial charge in [-0.2, -0.15) is 0 Å². The highest BCUT2D eigenvalue weighted by Gasteiger charge is 2.33. The number of hydrogen-bond acceptors (Lipinski definition) is 7. The molecule has 3 aromatic rings. The maximum absolute atomic E-state index is 13.6. The number of benzene rings is 2. The minimum Gasteiger partial charge on any atom is -0.504 e. The Bertz CT molecular complexity index is 1460. The van der Waals surface area contributed by atoms with Crippen LogP contribution in [0, 0.1) is 0 Å². The molecule has 0 saturated carbocycles. The van der Waals surface area contributed by atoms with E-state index in [1.807, 2.05) is 37.3 Å². The zero-order valence-electron chi connectivity index (χ0n) is 18.9. The van der Waals surface area contributed by atoms with Crippen LogP contribution < -0.4 is 19.6 Å². The molecule has 1 aliphatic rings. The van der Waals surface area contributed by atoms with Crippen molar-refractivity contribution < 1.29 is 19.4 Å². The normalized spacial score (nSPS) is 15.6. The zero-order chi connectivity index (χ0) is 24.4. The topological polar surface area (TPSA) is 90.1 Å². The number of allylic oxidation sites excluding steroid dienone is 1. The van der Waals surface area contributed by atoms with Crippen LogP contribution in [0.1, 0.15) is 37.9 Å². The maximum atomic E-state index is 13.6. The lowest BCUT2D eigenvalue weighted by Gasteiger charge is -2.24. The summed E-state index contributed by atoms with van der Waals surface area (Å²) in [5.74, 6) is -0.240. The van der Waals surface area contributed by atoms with E-state index in [2.05, 4.69) is 20.9 Å². The van der Waals surface area contributed by atoms with Gasteiger partial charge in [0.05, 0.1) is 35.1 Å². The molecule has 0 aliphatic carbocycles. The number of fused-ring (bicyclic) bond motifs is 1. The SMILES string of the molecule is CCOC(=O)C1=C(C)N=c2s/c(=C/c3cc(Br)cc(OCC)c3O)c(=O)n2C1c1ccccc1. The first-order chi connectivity index (χ1) is 16.3. The molecule has 1 aromatic heterocycles. The van der Waals surface area contributed by atoms with E-state index < -0.39 is 12.0 Å². The Labute approximate surface area is 208 Å². The fraction of sp³-hybridized carbons (Fsp3) is 0.240. The Balaban J connectivity index is 1.95. The Kier molecular flexibility index (Phi) is 7.04. The maximum Gasteiger partial charge on any atom is 0.338 e. The van der Waals surface area contributed by atoms with Crippen molar-refractivity contribution >= 4 is 39.3 Å². The van der Waals surface area contributed by atoms with Gasteiger partial charge in [0.15, 0.2) is 16.3 Å². The molecule has 2 aromatic carbocycles. The highest BCUT2D eigenvalue weighted by Crippen LogP contribution is 2.34. The number of hydrogen-bond donors (Lipinski definition) is 1. The van der Waals surface area contributed by atoms with Crippen LogP contribution >= 0.6 is 27.3 Å². The quantitative estimate of drug-likeness (QED) is 0.480. The summed E-state index contributed by atoms with van der Waals surface area (Å²) in [5.41, 5.74) is 1.72. The van der Waals surface area contributed by atoms with Crippen LogP contribution in [0.5, 0.6) is 11.5 Å². The van der Waals surface area contributed by atoms with Gasteiger partial charge in [-0.15, -0.1) is 0 Å². The Morgan fingerprint density at radius 1 is 1.24 bits per heavy atom. The highest BCUT2D eigenvalue weighted by molar-refractivity contribution is 9.10. The first-order valence-corrected chi connectivity index (χ1v) is 12.4. The number of ether oxygens (including phenoxy) is 2. The van der Waals surface area contributed by atoms with Crippen molar-refractivity contribution in [2.75, 3.05) is 13.2 Å². The summed E-state index contributed by atoms with van der Waals surface area (Å²) in [6.07, 6.45) is 1.61. The summed E-state index contributed by atoms with van der Waals surface area (Å²) in [6.45, 7) is 5.91. The zero-order valence-corrected chi connectivity index (χ0v) is 21.3. The van der Waals surface area contributed by atoms with Gasteiger partial charge < -0.3 is 14.6 Å². The van der Waals surface area contributed by atoms with Gasteiger partial charge in [0.25, 0.3) is 5.56 Å². The van der Waals surface area contributed by atoms with Crippen LogP contribution in [0.25, 0.3) is 6.08 Å². The first-order valence-electron chi connectivity index (χ1n) is 10.8. The minimum absolute atomic E-state index is 0.0566. The largest absolute Gasteiger partial charge is 0.504 e. The summed E-state index contributed by atoms with van der Waals surface area (Å²) in [5, 5.41) is 10.7. The van der Waals surface area contributed by atoms with Gasteiger partial charge in [0.2, 0.25) is 0 Å². The summed E-state index contributed by atoms with van der Waals surface area (Å²) >= 11 is 4.62. The van der Waals surface area contributed by atoms with E-state index in [4.69, 9.17) is 9.47 Å². The molecule has 0 spiro atoms. The highest BCUT2D eigenvalue weighted by atomic mass is 79.9. The molecular weight excluding hydrogens is 520 g/mol. The Morgan fingerprint density at radius 3 is 2.65 bits per heavy atom. The number of phenols is 1. The van der Waals surface area contributed by atoms with Crippen molar-refractivity contribution in [2.24, 2.45) is 4.99 Å². The fourth-order valence-corrected chi connectivity index (χ4v) is 5.35. The molecule has 9 heteroatoms. The van der Waals surface area contributed by atoms with E-state index in [1.165, 1.54) is 15.9 Å². The molecule has 2 heterocycles. The third-order valence-corrected chi connectivity index (χ3v) is 6.73. The number of rotatable bonds is 6. The van der Waals surface area contributed by atoms with Crippen LogP contribution in [-0.4, -0.2) is 28.9 Å². The van der Waals surface area contributed by atoms with E-state index in [9.17, 15) is 14.7 Å². The van der Waals surface area contributed by atoms with Crippen LogP contribution in [-0.2, 0) is 9.53 Å². The predicted molar refractivity (Wildman–Crippen MR) is 134 cm³/mol. The molecule has 176 valence electrons. The van der Waals surface area contributed by atoms with Gasteiger partial charge in [-0.3, -0.25) is 9.36 Å². The van der Waals surface area contributed by atoms with Crippen molar-refractivity contribution in [3.05, 3.63) is 89.0 Å². The third-order valence-electron chi connectivity index (χ3n) is 5.29. The van der Waals surface area contributed by atoms with E-state index in [-0.39, 0.29) is 17.9 Å². The Hall–Kier alpha value is -3.17. The average Bonchev–Trinajstić information content (AvgIpc) is 3.11. The molecule has 0 fully saturated rings. The second-order valence-corrected chi connectivity index (χ2v) is 9.41. The van der Waals surface area contributed by atoms with Gasteiger partial charge in [-0.05, 0) is 44.5 Å². The second kappa shape index (κ2) is 9.99. The monoisotopic (exact) mass is 542 g/mol. The van der Waals surface area contributed by atoms with Gasteiger partial charge in [-0.25, -0.2) is 9.79 Å². The first kappa shape index (κ1) is 24.0. The molecule has 1 N–H and O–H groups in total. The number of carbonyl (C=O) groups is 1. The van der Waals surface area contributed by atoms with Crippen molar-refractivity contribution in [2.45, 2.75) is 26.8 Å². The molecule has 1 unspecified atom stereocenters. The summed E-state index contributed by atoms with van der Waals surface area (Å²) in [6, 6.07) is 12.0. The number of aromatic nitrogens is 1. The fourth-order valence-electron chi connectivity index (χ4n) is 3.85. The molecule has 0 amide bonds. The van der Waals surface area contributed by atoms with Crippen LogP contribution in [0.4, 0.5) is 0 Å². The van der Waals surface area contributed by atoms with Gasteiger partial charge in [0.1, 0.15) is 0 Å². The predicted octanol–water partition coefficient (Wildman–Crippen LogP) is 3.67. The lowest BCUT2D eigenvalue weighted by Crippen LogP contribution is -2.39. The van der Waals surface area contributed by atoms with Gasteiger partial charge >= 0.3 is 5.97 Å². The summed E-state index contributed by atoms with van der Waals surface area (Å²) in [4.78, 5) is 31.5. The number of nitrogens with zero attached hydrogens (tertiary/aromatic N) is 2. The van der Waals surface area contributed by atoms with Crippen LogP contribution in [0.2, 0.25) is 0 Å². The summed E-state index contributed by atoms with van der Waals surface area (Å²) in [7, 11) is 0. The van der Waals surface area contributed by atoms with Crippen LogP contribution in [0.15, 0.2) is 68.0 Å². The Morgan fingerprint density at radius 2 is 1.97 bits per heavy atom. The van der Waals surface area contributed by atoms with Crippen LogP contribution in [0.3, 0.4) is 0 Å². The number of carbonyl (C=O) groups excluding carboxylic acids is 1. The lowest BCUT2D eigenvalue weighted by atomic mass is 9.96. The van der Waals surface area contributed by atoms with E-state index >= 15 is 0 Å². The van der Waals surface area contributed by atoms with E-state index in [0.717, 1.165) is 5.56 Å². The van der Waals surface area contributed by atoms with E-state index in [1.54, 1.807) is 32.1 Å². The second-order valence-electron chi connectivity index (χ2n) is 7.49. The van der Waals surface area contributed by atoms with Crippen molar-refractivity contribution in [1.82, 2.24) is 4.57 Å². The summed E-state index contributed by atoms with van der Waals surface area (Å²) < 4.78 is 13.4. The lowest BCUT2D eigenvalue weighted by molar-refractivity contribution is -0.139. The molecule has 7 nitrogen and oxygen atoms in total. The molecule has 34 heavy (non-hydrogen) atoms. The number of thiazole rings is 1. The molecule has 1 atom stereocenters. The van der Waals surface area contributed by atoms with Gasteiger partial charge in [-0.1, -0.05) is 57.6 Å². The standard InChI is InChI=1S/C25H23BrN2O5S/c1-4-32-18-13-17(26)11-16(22(18)29)12-19-23(30)28-21(15-9-7-6-8-10-15)20(24(31)33-5-2)14(3)27-25(28)34-19/h6-13,21,29H,4-5H2,1-3H3/b19-12+. The smallest absolute Gasteiger partial charge is 0.338 e.